The highest BCUT2D eigenvalue weighted by molar-refractivity contribution is 7.09. The van der Waals surface area contributed by atoms with E-state index in [-0.39, 0.29) is 17.2 Å². The van der Waals surface area contributed by atoms with E-state index in [0.717, 1.165) is 6.42 Å². The maximum Gasteiger partial charge on any atom is 0.322 e. The molecule has 102 valence electrons. The second-order valence-corrected chi connectivity index (χ2v) is 5.08. The molecule has 0 bridgehead atoms. The lowest BCUT2D eigenvalue weighted by Crippen LogP contribution is -2.08. The van der Waals surface area contributed by atoms with Crippen LogP contribution in [0.15, 0.2) is 30.2 Å². The first kappa shape index (κ1) is 12.9. The van der Waals surface area contributed by atoms with Crippen molar-refractivity contribution in [1.82, 2.24) is 29.7 Å². The number of aromatic nitrogens is 6. The van der Waals surface area contributed by atoms with Gasteiger partial charge in [0.15, 0.2) is 0 Å². The molecule has 0 fully saturated rings. The molecule has 0 aromatic carbocycles. The Bertz CT molecular complexity index is 672. The Kier molecular flexibility index (Phi) is 3.84. The van der Waals surface area contributed by atoms with Crippen molar-refractivity contribution in [2.45, 2.75) is 6.42 Å². The molecule has 7 nitrogen and oxygen atoms in total. The van der Waals surface area contributed by atoms with E-state index in [2.05, 4.69) is 31.1 Å². The van der Waals surface area contributed by atoms with Gasteiger partial charge in [-0.15, -0.1) is 11.3 Å². The molecule has 0 N–H and O–H groups in total. The van der Waals surface area contributed by atoms with Crippen molar-refractivity contribution in [3.05, 3.63) is 40.3 Å². The topological polar surface area (TPSA) is 78.6 Å². The molecule has 0 spiro atoms. The van der Waals surface area contributed by atoms with Crippen LogP contribution in [0.1, 0.15) is 4.88 Å². The molecule has 0 radical (unpaired) electrons. The van der Waals surface area contributed by atoms with Crippen LogP contribution < -0.4 is 4.74 Å². The SMILES string of the molecule is Clc1nc(OCCc2cccs2)nc(-n2cncn2)n1. The third-order valence-corrected chi connectivity index (χ3v) is 3.46. The van der Waals surface area contributed by atoms with Gasteiger partial charge in [-0.1, -0.05) is 6.07 Å². The molecule has 0 saturated carbocycles. The molecular formula is C11H9ClN6OS. The Morgan fingerprint density at radius 2 is 2.25 bits per heavy atom. The lowest BCUT2D eigenvalue weighted by molar-refractivity contribution is 0.295. The zero-order valence-corrected chi connectivity index (χ0v) is 11.8. The standard InChI is InChI=1S/C11H9ClN6OS/c12-9-15-10(18-7-13-6-14-18)17-11(16-9)19-4-3-8-2-1-5-20-8/h1-2,5-7H,3-4H2. The van der Waals surface area contributed by atoms with Crippen molar-refractivity contribution >= 4 is 22.9 Å². The molecule has 0 unspecified atom stereocenters. The lowest BCUT2D eigenvalue weighted by Gasteiger charge is -2.05. The van der Waals surface area contributed by atoms with Crippen molar-refractivity contribution in [2.75, 3.05) is 6.61 Å². The van der Waals surface area contributed by atoms with Crippen LogP contribution in [-0.2, 0) is 6.42 Å². The van der Waals surface area contributed by atoms with Gasteiger partial charge in [-0.3, -0.25) is 0 Å². The predicted octanol–water partition coefficient (Wildman–Crippen LogP) is 1.79. The van der Waals surface area contributed by atoms with Gasteiger partial charge in [0.2, 0.25) is 5.28 Å². The van der Waals surface area contributed by atoms with Crippen LogP contribution in [0.5, 0.6) is 6.01 Å². The normalized spacial score (nSPS) is 10.7. The third-order valence-electron chi connectivity index (χ3n) is 2.36. The van der Waals surface area contributed by atoms with Crippen molar-refractivity contribution < 1.29 is 4.74 Å². The minimum atomic E-state index is 0.0524. The minimum Gasteiger partial charge on any atom is -0.463 e. The zero-order chi connectivity index (χ0) is 13.8. The van der Waals surface area contributed by atoms with Crippen LogP contribution in [-0.4, -0.2) is 36.3 Å². The summed E-state index contributed by atoms with van der Waals surface area (Å²) in [6, 6.07) is 4.23. The van der Waals surface area contributed by atoms with Crippen LogP contribution >= 0.6 is 22.9 Å². The van der Waals surface area contributed by atoms with E-state index >= 15 is 0 Å². The maximum absolute atomic E-state index is 5.84. The monoisotopic (exact) mass is 308 g/mol. The highest BCUT2D eigenvalue weighted by atomic mass is 35.5. The number of nitrogens with zero attached hydrogens (tertiary/aromatic N) is 6. The number of hydrogen-bond donors (Lipinski definition) is 0. The van der Waals surface area contributed by atoms with Gasteiger partial charge in [-0.05, 0) is 23.0 Å². The second-order valence-electron chi connectivity index (χ2n) is 3.70. The molecule has 3 heterocycles. The molecule has 0 amide bonds. The number of ether oxygens (including phenoxy) is 1. The summed E-state index contributed by atoms with van der Waals surface area (Å²) < 4.78 is 6.89. The van der Waals surface area contributed by atoms with Crippen LogP contribution in [0, 0.1) is 0 Å². The average molecular weight is 309 g/mol. The summed E-state index contributed by atoms with van der Waals surface area (Å²) in [5.74, 6) is 0.272. The van der Waals surface area contributed by atoms with Crippen LogP contribution in [0.4, 0.5) is 0 Å². The summed E-state index contributed by atoms with van der Waals surface area (Å²) in [6.45, 7) is 0.470. The first-order valence-electron chi connectivity index (χ1n) is 5.73. The fraction of sp³-hybridized carbons (Fsp3) is 0.182. The molecule has 20 heavy (non-hydrogen) atoms. The number of rotatable bonds is 5. The van der Waals surface area contributed by atoms with Crippen molar-refractivity contribution in [3.63, 3.8) is 0 Å². The Labute approximate surface area is 123 Å². The Morgan fingerprint density at radius 3 is 3.00 bits per heavy atom. The fourth-order valence-electron chi connectivity index (χ4n) is 1.50. The van der Waals surface area contributed by atoms with Gasteiger partial charge in [-0.25, -0.2) is 4.98 Å². The third kappa shape index (κ3) is 3.09. The van der Waals surface area contributed by atoms with Gasteiger partial charge >= 0.3 is 6.01 Å². The number of halogens is 1. The Hall–Kier alpha value is -2.06. The molecule has 3 rings (SSSR count). The maximum atomic E-state index is 5.84. The lowest BCUT2D eigenvalue weighted by atomic mass is 10.4. The summed E-state index contributed by atoms with van der Waals surface area (Å²) >= 11 is 7.52. The smallest absolute Gasteiger partial charge is 0.322 e. The number of thiophene rings is 1. The fourth-order valence-corrected chi connectivity index (χ4v) is 2.34. The van der Waals surface area contributed by atoms with Gasteiger partial charge in [0.25, 0.3) is 5.95 Å². The Morgan fingerprint density at radius 1 is 1.30 bits per heavy atom. The summed E-state index contributed by atoms with van der Waals surface area (Å²) in [5.41, 5.74) is 0. The summed E-state index contributed by atoms with van der Waals surface area (Å²) in [7, 11) is 0. The highest BCUT2D eigenvalue weighted by Crippen LogP contribution is 2.12. The predicted molar refractivity (Wildman–Crippen MR) is 73.3 cm³/mol. The largest absolute Gasteiger partial charge is 0.463 e. The highest BCUT2D eigenvalue weighted by Gasteiger charge is 2.08. The first-order chi connectivity index (χ1) is 9.81. The summed E-state index contributed by atoms with van der Waals surface area (Å²) in [4.78, 5) is 17.1. The van der Waals surface area contributed by atoms with Gasteiger partial charge < -0.3 is 4.74 Å². The number of hydrogen-bond acceptors (Lipinski definition) is 7. The molecule has 3 aromatic heterocycles. The minimum absolute atomic E-state index is 0.0524. The Balaban J connectivity index is 1.70. The van der Waals surface area contributed by atoms with Crippen molar-refractivity contribution in [2.24, 2.45) is 0 Å². The van der Waals surface area contributed by atoms with E-state index in [0.29, 0.717) is 6.61 Å². The van der Waals surface area contributed by atoms with E-state index in [4.69, 9.17) is 16.3 Å². The van der Waals surface area contributed by atoms with E-state index < -0.39 is 0 Å². The van der Waals surface area contributed by atoms with Crippen molar-refractivity contribution in [1.29, 1.82) is 0 Å². The molecular weight excluding hydrogens is 300 g/mol. The van der Waals surface area contributed by atoms with Crippen LogP contribution in [0.25, 0.3) is 5.95 Å². The molecule has 0 saturated heterocycles. The van der Waals surface area contributed by atoms with Gasteiger partial charge in [0.1, 0.15) is 12.7 Å². The molecule has 9 heteroatoms. The van der Waals surface area contributed by atoms with Gasteiger partial charge in [0.05, 0.1) is 6.61 Å². The van der Waals surface area contributed by atoms with E-state index in [9.17, 15) is 0 Å². The second kappa shape index (κ2) is 5.93. The van der Waals surface area contributed by atoms with E-state index in [1.165, 1.54) is 22.2 Å². The zero-order valence-electron chi connectivity index (χ0n) is 10.2. The summed E-state index contributed by atoms with van der Waals surface area (Å²) in [6.07, 6.45) is 3.65. The first-order valence-corrected chi connectivity index (χ1v) is 6.99. The van der Waals surface area contributed by atoms with Crippen molar-refractivity contribution in [3.8, 4) is 12.0 Å². The van der Waals surface area contributed by atoms with Gasteiger partial charge in [-0.2, -0.15) is 24.7 Å². The molecule has 0 atom stereocenters. The molecule has 0 aliphatic rings. The van der Waals surface area contributed by atoms with E-state index in [1.807, 2.05) is 11.4 Å². The van der Waals surface area contributed by atoms with E-state index in [1.54, 1.807) is 11.3 Å². The molecule has 0 aliphatic carbocycles. The molecule has 3 aromatic rings. The van der Waals surface area contributed by atoms with Crippen LogP contribution in [0.3, 0.4) is 0 Å². The quantitative estimate of drug-likeness (QED) is 0.715. The van der Waals surface area contributed by atoms with Crippen LogP contribution in [0.2, 0.25) is 5.28 Å². The summed E-state index contributed by atoms with van der Waals surface area (Å²) in [5, 5.41) is 6.01. The van der Waals surface area contributed by atoms with Gasteiger partial charge in [0, 0.05) is 11.3 Å². The molecule has 0 aliphatic heterocycles. The average Bonchev–Trinajstić information content (AvgIpc) is 3.11.